The molecule has 0 saturated carbocycles. The van der Waals surface area contributed by atoms with Crippen molar-refractivity contribution in [2.45, 2.75) is 19.9 Å². The topological polar surface area (TPSA) is 50.7 Å². The smallest absolute Gasteiger partial charge is 0.292 e. The summed E-state index contributed by atoms with van der Waals surface area (Å²) in [4.78, 5) is 16.6. The molecule has 0 saturated heterocycles. The third-order valence-corrected chi connectivity index (χ3v) is 3.20. The van der Waals surface area contributed by atoms with Gasteiger partial charge in [-0.3, -0.25) is 10.1 Å². The molecule has 4 nitrogen and oxygen atoms in total. The number of hydrogen-bond donors (Lipinski definition) is 1. The number of ether oxygens (including phenoxy) is 1. The summed E-state index contributed by atoms with van der Waals surface area (Å²) in [5, 5.41) is 2.62. The van der Waals surface area contributed by atoms with E-state index in [-0.39, 0.29) is 12.1 Å². The van der Waals surface area contributed by atoms with Gasteiger partial charge in [-0.2, -0.15) is 0 Å². The third-order valence-electron chi connectivity index (χ3n) is 3.20. The van der Waals surface area contributed by atoms with Gasteiger partial charge in [0.25, 0.3) is 11.9 Å². The number of rotatable bonds is 4. The number of hydrogen-bond acceptors (Lipinski definition) is 3. The first-order valence-electron chi connectivity index (χ1n) is 7.42. The van der Waals surface area contributed by atoms with Gasteiger partial charge in [-0.1, -0.05) is 30.3 Å². The molecule has 120 valence electrons. The Balaban J connectivity index is 2.13. The quantitative estimate of drug-likeness (QED) is 0.691. The van der Waals surface area contributed by atoms with Gasteiger partial charge >= 0.3 is 0 Å². The number of amidine groups is 1. The highest BCUT2D eigenvalue weighted by Gasteiger charge is 2.12. The van der Waals surface area contributed by atoms with Crippen LogP contribution in [0.2, 0.25) is 0 Å². The van der Waals surface area contributed by atoms with E-state index in [4.69, 9.17) is 4.74 Å². The zero-order valence-corrected chi connectivity index (χ0v) is 13.1. The molecule has 2 aromatic carbocycles. The van der Waals surface area contributed by atoms with Crippen LogP contribution in [0.1, 0.15) is 35.8 Å². The van der Waals surface area contributed by atoms with Crippen LogP contribution in [0, 0.1) is 5.82 Å². The Hall–Kier alpha value is -2.69. The van der Waals surface area contributed by atoms with E-state index < -0.39 is 11.7 Å². The van der Waals surface area contributed by atoms with Crippen molar-refractivity contribution in [3.8, 4) is 0 Å². The van der Waals surface area contributed by atoms with Crippen molar-refractivity contribution in [1.82, 2.24) is 5.32 Å². The van der Waals surface area contributed by atoms with Crippen LogP contribution in [0.15, 0.2) is 59.6 Å². The first kappa shape index (κ1) is 16.7. The first-order valence-corrected chi connectivity index (χ1v) is 7.42. The Morgan fingerprint density at radius 2 is 1.83 bits per heavy atom. The van der Waals surface area contributed by atoms with Crippen LogP contribution in [-0.2, 0) is 4.74 Å². The molecule has 0 heterocycles. The highest BCUT2D eigenvalue weighted by Crippen LogP contribution is 2.16. The van der Waals surface area contributed by atoms with E-state index in [9.17, 15) is 9.18 Å². The van der Waals surface area contributed by atoms with E-state index >= 15 is 0 Å². The molecule has 0 fully saturated rings. The highest BCUT2D eigenvalue weighted by molar-refractivity contribution is 6.04. The second-order valence-electron chi connectivity index (χ2n) is 4.91. The monoisotopic (exact) mass is 314 g/mol. The molecule has 0 bridgehead atoms. The molecule has 0 radical (unpaired) electrons. The second kappa shape index (κ2) is 8.08. The van der Waals surface area contributed by atoms with Gasteiger partial charge in [0.05, 0.1) is 12.6 Å². The Kier molecular flexibility index (Phi) is 5.86. The molecule has 5 heteroatoms. The van der Waals surface area contributed by atoms with Crippen LogP contribution >= 0.6 is 0 Å². The van der Waals surface area contributed by atoms with Gasteiger partial charge in [0, 0.05) is 5.56 Å². The lowest BCUT2D eigenvalue weighted by Crippen LogP contribution is -2.33. The molecular formula is C18H19FN2O2. The fraction of sp³-hybridized carbons (Fsp3) is 0.222. The van der Waals surface area contributed by atoms with Crippen molar-refractivity contribution in [3.05, 3.63) is 71.5 Å². The summed E-state index contributed by atoms with van der Waals surface area (Å²) in [6.07, 6.45) is 0. The fourth-order valence-electron chi connectivity index (χ4n) is 1.99. The predicted molar refractivity (Wildman–Crippen MR) is 87.8 cm³/mol. The van der Waals surface area contributed by atoms with Crippen LogP contribution in [-0.4, -0.2) is 18.5 Å². The summed E-state index contributed by atoms with van der Waals surface area (Å²) < 4.78 is 18.3. The zero-order chi connectivity index (χ0) is 16.7. The van der Waals surface area contributed by atoms with Crippen molar-refractivity contribution in [2.75, 3.05) is 6.61 Å². The van der Waals surface area contributed by atoms with Gasteiger partial charge in [0.1, 0.15) is 5.82 Å². The average Bonchev–Trinajstić information content (AvgIpc) is 2.56. The molecule has 0 aliphatic carbocycles. The minimum Gasteiger partial charge on any atom is -0.465 e. The lowest BCUT2D eigenvalue weighted by molar-refractivity contribution is 0.0966. The summed E-state index contributed by atoms with van der Waals surface area (Å²) in [5.41, 5.74) is 1.35. The standard InChI is InChI=1S/C18H19FN2O2/c1-3-23-18(20-13(2)14-7-5-4-6-8-14)21-17(22)15-9-11-16(19)12-10-15/h4-13H,3H2,1-2H3,(H,20,21,22)/t13-/m1/s1. The number of amides is 1. The average molecular weight is 314 g/mol. The Morgan fingerprint density at radius 1 is 1.17 bits per heavy atom. The van der Waals surface area contributed by atoms with Crippen molar-refractivity contribution >= 4 is 11.9 Å². The normalized spacial score (nSPS) is 12.6. The Morgan fingerprint density at radius 3 is 2.43 bits per heavy atom. The molecule has 1 atom stereocenters. The number of halogens is 1. The number of carbonyl (C=O) groups is 1. The van der Waals surface area contributed by atoms with Crippen LogP contribution < -0.4 is 5.32 Å². The molecule has 0 spiro atoms. The molecule has 23 heavy (non-hydrogen) atoms. The van der Waals surface area contributed by atoms with E-state index in [1.807, 2.05) is 44.2 Å². The molecule has 0 aromatic heterocycles. The summed E-state index contributed by atoms with van der Waals surface area (Å²) in [6, 6.07) is 15.0. The molecule has 2 rings (SSSR count). The second-order valence-corrected chi connectivity index (χ2v) is 4.91. The number of carbonyl (C=O) groups excluding carboxylic acids is 1. The van der Waals surface area contributed by atoms with Gasteiger partial charge in [-0.15, -0.1) is 0 Å². The third kappa shape index (κ3) is 4.92. The predicted octanol–water partition coefficient (Wildman–Crippen LogP) is 3.71. The van der Waals surface area contributed by atoms with E-state index in [1.54, 1.807) is 0 Å². The maximum Gasteiger partial charge on any atom is 0.292 e. The van der Waals surface area contributed by atoms with Crippen molar-refractivity contribution in [3.63, 3.8) is 0 Å². The van der Waals surface area contributed by atoms with Gasteiger partial charge in [0.15, 0.2) is 0 Å². The Labute approximate surface area is 135 Å². The molecule has 0 unspecified atom stereocenters. The van der Waals surface area contributed by atoms with Crippen LogP contribution in [0.25, 0.3) is 0 Å². The molecule has 0 aliphatic rings. The maximum atomic E-state index is 12.9. The zero-order valence-electron chi connectivity index (χ0n) is 13.1. The minimum absolute atomic E-state index is 0.151. The van der Waals surface area contributed by atoms with Gasteiger partial charge < -0.3 is 4.74 Å². The van der Waals surface area contributed by atoms with Crippen LogP contribution in [0.5, 0.6) is 0 Å². The highest BCUT2D eigenvalue weighted by atomic mass is 19.1. The summed E-state index contributed by atoms with van der Waals surface area (Å²) >= 11 is 0. The van der Waals surface area contributed by atoms with Crippen molar-refractivity contribution < 1.29 is 13.9 Å². The van der Waals surface area contributed by atoms with E-state index in [0.29, 0.717) is 12.2 Å². The van der Waals surface area contributed by atoms with E-state index in [2.05, 4.69) is 10.3 Å². The molecule has 2 aromatic rings. The largest absolute Gasteiger partial charge is 0.465 e. The van der Waals surface area contributed by atoms with Gasteiger partial charge in [-0.05, 0) is 43.7 Å². The SMILES string of the molecule is CCOC(=N[C@H](C)c1ccccc1)NC(=O)c1ccc(F)cc1. The number of aliphatic imine (C=N–C) groups is 1. The molecule has 1 amide bonds. The van der Waals surface area contributed by atoms with Gasteiger partial charge in [-0.25, -0.2) is 9.38 Å². The Bertz CT molecular complexity index is 669. The lowest BCUT2D eigenvalue weighted by atomic mass is 10.1. The van der Waals surface area contributed by atoms with Crippen molar-refractivity contribution in [2.24, 2.45) is 4.99 Å². The number of benzene rings is 2. The minimum atomic E-state index is -0.391. The number of nitrogens with zero attached hydrogens (tertiary/aromatic N) is 1. The fourth-order valence-corrected chi connectivity index (χ4v) is 1.99. The summed E-state index contributed by atoms with van der Waals surface area (Å²) in [6.45, 7) is 4.11. The van der Waals surface area contributed by atoms with E-state index in [0.717, 1.165) is 5.56 Å². The van der Waals surface area contributed by atoms with Crippen LogP contribution in [0.4, 0.5) is 4.39 Å². The molecule has 0 aliphatic heterocycles. The maximum absolute atomic E-state index is 12.9. The molecular weight excluding hydrogens is 295 g/mol. The summed E-state index contributed by atoms with van der Waals surface area (Å²) in [5.74, 6) is -0.782. The lowest BCUT2D eigenvalue weighted by Gasteiger charge is -2.13. The molecule has 1 N–H and O–H groups in total. The van der Waals surface area contributed by atoms with Gasteiger partial charge in [0.2, 0.25) is 0 Å². The van der Waals surface area contributed by atoms with Crippen molar-refractivity contribution in [1.29, 1.82) is 0 Å². The summed E-state index contributed by atoms with van der Waals surface area (Å²) in [7, 11) is 0. The van der Waals surface area contributed by atoms with Crippen LogP contribution in [0.3, 0.4) is 0 Å². The van der Waals surface area contributed by atoms with E-state index in [1.165, 1.54) is 24.3 Å². The number of nitrogens with one attached hydrogen (secondary N) is 1. The first-order chi connectivity index (χ1) is 11.1.